The third-order valence-corrected chi connectivity index (χ3v) is 6.23. The van der Waals surface area contributed by atoms with E-state index in [1.165, 1.54) is 6.92 Å². The molecule has 0 heterocycles. The first kappa shape index (κ1) is 37.5. The summed E-state index contributed by atoms with van der Waals surface area (Å²) in [6.07, 6.45) is 2.11. The zero-order valence-corrected chi connectivity index (χ0v) is 24.5. The fourth-order valence-electron chi connectivity index (χ4n) is 2.25. The molecule has 37 heavy (non-hydrogen) atoms. The summed E-state index contributed by atoms with van der Waals surface area (Å²) in [6.45, 7) is 9.94. The van der Waals surface area contributed by atoms with Gasteiger partial charge in [0.25, 0.3) is 7.82 Å². The summed E-state index contributed by atoms with van der Waals surface area (Å²) in [5.41, 5.74) is 0.240. The van der Waals surface area contributed by atoms with Crippen molar-refractivity contribution in [3.63, 3.8) is 0 Å². The van der Waals surface area contributed by atoms with E-state index >= 15 is 0 Å². The summed E-state index contributed by atoms with van der Waals surface area (Å²) in [6, 6.07) is 0. The monoisotopic (exact) mass is 574 g/mol. The predicted molar refractivity (Wildman–Crippen MR) is 135 cm³/mol. The second-order valence-electron chi connectivity index (χ2n) is 9.77. The average molecular weight is 575 g/mol. The van der Waals surface area contributed by atoms with Crippen LogP contribution < -0.4 is 4.89 Å². The molecule has 0 spiro atoms. The molecule has 218 valence electrons. The Hall–Kier alpha value is -1.64. The molecule has 0 aromatic heterocycles. The van der Waals surface area contributed by atoms with E-state index in [4.69, 9.17) is 4.74 Å². The smallest absolute Gasteiger partial charge is 0.333 e. The van der Waals surface area contributed by atoms with E-state index in [2.05, 4.69) is 26.9 Å². The maximum absolute atomic E-state index is 11.3. The van der Waals surface area contributed by atoms with Crippen molar-refractivity contribution in [3.8, 4) is 0 Å². The second-order valence-corrected chi connectivity index (χ2v) is 12.7. The molecular weight excluding hydrogens is 531 g/mol. The van der Waals surface area contributed by atoms with Gasteiger partial charge in [-0.3, -0.25) is 4.57 Å². The maximum Gasteiger partial charge on any atom is 0.333 e. The highest BCUT2D eigenvalue weighted by molar-refractivity contribution is 7.85. The van der Waals surface area contributed by atoms with E-state index in [1.807, 2.05) is 35.2 Å². The van der Waals surface area contributed by atoms with Crippen molar-refractivity contribution in [2.75, 3.05) is 87.1 Å². The predicted octanol–water partition coefficient (Wildman–Crippen LogP) is 0.431. The summed E-state index contributed by atoms with van der Waals surface area (Å²) in [5, 5.41) is 0. The van der Waals surface area contributed by atoms with Crippen LogP contribution in [0.2, 0.25) is 0 Å². The molecule has 0 amide bonds. The Bertz CT molecular complexity index is 884. The molecule has 0 saturated heterocycles. The average Bonchev–Trinajstić information content (AvgIpc) is 2.72. The quantitative estimate of drug-likeness (QED) is 0.0556. The highest BCUT2D eigenvalue weighted by Gasteiger charge is 2.15. The van der Waals surface area contributed by atoms with Crippen LogP contribution >= 0.6 is 7.82 Å². The molecule has 0 rings (SSSR count). The molecule has 0 aliphatic carbocycles. The number of phosphoric acid groups is 1. The summed E-state index contributed by atoms with van der Waals surface area (Å²) in [5.74, 6) is -1.36. The molecule has 0 radical (unpaired) electrons. The lowest BCUT2D eigenvalue weighted by Gasteiger charge is -2.29. The van der Waals surface area contributed by atoms with Gasteiger partial charge >= 0.3 is 11.9 Å². The molecule has 0 saturated carbocycles. The Morgan fingerprint density at radius 3 is 1.97 bits per heavy atom. The normalized spacial score (nSPS) is 13.5. The third-order valence-electron chi connectivity index (χ3n) is 4.44. The summed E-state index contributed by atoms with van der Waals surface area (Å²) >= 11 is 0. The lowest BCUT2D eigenvalue weighted by Crippen LogP contribution is -2.43. The number of rotatable bonds is 18. The Kier molecular flexibility index (Phi) is 18.0. The largest absolute Gasteiger partial charge is 0.756 e. The van der Waals surface area contributed by atoms with E-state index in [-0.39, 0.29) is 37.8 Å². The van der Waals surface area contributed by atoms with Crippen LogP contribution in [0.5, 0.6) is 0 Å². The molecule has 0 aliphatic rings. The lowest BCUT2D eigenvalue weighted by atomic mass is 10.3. The number of esters is 2. The van der Waals surface area contributed by atoms with Crippen molar-refractivity contribution < 1.29 is 59.5 Å². The molecule has 0 aliphatic heterocycles. The van der Waals surface area contributed by atoms with Crippen molar-refractivity contribution in [3.05, 3.63) is 24.8 Å². The van der Waals surface area contributed by atoms with Gasteiger partial charge in [0.1, 0.15) is 32.9 Å². The van der Waals surface area contributed by atoms with Gasteiger partial charge < -0.3 is 36.9 Å². The Morgan fingerprint density at radius 1 is 0.919 bits per heavy atom. The number of carbonyl (C=O) groups excluding carboxylic acids is 2. The molecule has 0 aromatic carbocycles. The number of phosphoric ester groups is 1. The Labute approximate surface area is 221 Å². The molecule has 1 unspecified atom stereocenters. The number of hydrogen-bond acceptors (Lipinski definition) is 11. The SMILES string of the molecule is C=C(C)C(=O)OCCOP(=O)([O-])OCC[N+](C)(C)C.C=CC(=O)OCC[N+](C)(C)CCCCS(=O)(=O)[O-]. The number of ether oxygens (including phenoxy) is 2. The fraction of sp³-hybridized carbons (Fsp3) is 0.727. The van der Waals surface area contributed by atoms with Crippen molar-refractivity contribution in [2.24, 2.45) is 0 Å². The highest BCUT2D eigenvalue weighted by atomic mass is 32.2. The van der Waals surface area contributed by atoms with Gasteiger partial charge in [0.05, 0.1) is 58.5 Å². The van der Waals surface area contributed by atoms with E-state index in [1.54, 1.807) is 0 Å². The number of carbonyl (C=O) groups is 2. The van der Waals surface area contributed by atoms with Crippen LogP contribution in [0.3, 0.4) is 0 Å². The van der Waals surface area contributed by atoms with E-state index in [0.29, 0.717) is 34.9 Å². The van der Waals surface area contributed by atoms with E-state index in [9.17, 15) is 32.0 Å². The van der Waals surface area contributed by atoms with Crippen molar-refractivity contribution in [1.29, 1.82) is 0 Å². The topological polar surface area (TPSA) is 168 Å². The maximum atomic E-state index is 11.3. The van der Waals surface area contributed by atoms with Crippen LogP contribution in [0.15, 0.2) is 24.8 Å². The highest BCUT2D eigenvalue weighted by Crippen LogP contribution is 2.37. The number of likely N-dealkylation sites (N-methyl/N-ethyl adjacent to an activating group) is 2. The minimum atomic E-state index is -4.34. The van der Waals surface area contributed by atoms with Gasteiger partial charge in [-0.15, -0.1) is 0 Å². The minimum absolute atomic E-state index is 0.0375. The van der Waals surface area contributed by atoms with Crippen molar-refractivity contribution in [2.45, 2.75) is 19.8 Å². The van der Waals surface area contributed by atoms with Crippen molar-refractivity contribution in [1.82, 2.24) is 0 Å². The number of nitrogens with zero attached hydrogens (tertiary/aromatic N) is 2. The van der Waals surface area contributed by atoms with Crippen molar-refractivity contribution >= 4 is 29.9 Å². The van der Waals surface area contributed by atoms with Crippen LogP contribution in [0.1, 0.15) is 19.8 Å². The number of unbranched alkanes of at least 4 members (excludes halogenated alkanes) is 1. The molecule has 0 fully saturated rings. The first-order chi connectivity index (χ1) is 16.7. The molecule has 13 nitrogen and oxygen atoms in total. The molecule has 1 atom stereocenters. The molecule has 0 bridgehead atoms. The first-order valence-electron chi connectivity index (χ1n) is 11.5. The summed E-state index contributed by atoms with van der Waals surface area (Å²) in [7, 11) is 1.20. The first-order valence-corrected chi connectivity index (χ1v) is 14.5. The molecule has 0 aromatic rings. The van der Waals surface area contributed by atoms with Gasteiger partial charge in [0.2, 0.25) is 0 Å². The van der Waals surface area contributed by atoms with Gasteiger partial charge in [-0.25, -0.2) is 18.0 Å². The van der Waals surface area contributed by atoms with Crippen LogP contribution in [0.25, 0.3) is 0 Å². The second kappa shape index (κ2) is 17.8. The fourth-order valence-corrected chi connectivity index (χ4v) is 3.49. The summed E-state index contributed by atoms with van der Waals surface area (Å²) < 4.78 is 62.5. The third kappa shape index (κ3) is 27.2. The van der Waals surface area contributed by atoms with Gasteiger partial charge in [-0.2, -0.15) is 0 Å². The van der Waals surface area contributed by atoms with Gasteiger partial charge in [-0.05, 0) is 19.8 Å². The Balaban J connectivity index is 0. The van der Waals surface area contributed by atoms with E-state index in [0.717, 1.165) is 12.6 Å². The zero-order chi connectivity index (χ0) is 29.3. The minimum Gasteiger partial charge on any atom is -0.756 e. The molecular formula is C22H43N2O11PS. The van der Waals surface area contributed by atoms with E-state index < -0.39 is 29.9 Å². The molecule has 0 N–H and O–H groups in total. The Morgan fingerprint density at radius 2 is 1.49 bits per heavy atom. The lowest BCUT2D eigenvalue weighted by molar-refractivity contribution is -0.890. The van der Waals surface area contributed by atoms with Gasteiger partial charge in [0.15, 0.2) is 0 Å². The van der Waals surface area contributed by atoms with Gasteiger partial charge in [0, 0.05) is 17.4 Å². The van der Waals surface area contributed by atoms with Crippen LogP contribution in [0.4, 0.5) is 0 Å². The number of hydrogen-bond donors (Lipinski definition) is 0. The standard InChI is InChI=1S/C11H22NO6P.C11H21NO5S/c1-10(2)11(13)16-8-9-18-19(14,15)17-7-6-12(3,4)5;1-4-11(13)17-9-8-12(2,3)7-5-6-10-18(14,15)16/h1,6-9H2,2-5H3;4H,1,5-10H2,2-3H3. The molecule has 15 heteroatoms. The zero-order valence-electron chi connectivity index (χ0n) is 22.8. The van der Waals surface area contributed by atoms with Crippen LogP contribution in [-0.2, 0) is 42.8 Å². The van der Waals surface area contributed by atoms with Gasteiger partial charge in [-0.1, -0.05) is 13.2 Å². The number of quaternary nitrogens is 2. The van der Waals surface area contributed by atoms with Crippen LogP contribution in [0, 0.1) is 0 Å². The summed E-state index contributed by atoms with van der Waals surface area (Å²) in [4.78, 5) is 33.1. The van der Waals surface area contributed by atoms with Crippen LogP contribution in [-0.4, -0.2) is 121 Å².